The number of nitrogens with two attached hydrogens (primary N) is 1. The summed E-state index contributed by atoms with van der Waals surface area (Å²) in [5.74, 6) is 0.338. The molecule has 0 unspecified atom stereocenters. The molecule has 2 heterocycles. The van der Waals surface area contributed by atoms with Gasteiger partial charge in [0.1, 0.15) is 17.0 Å². The Hall–Kier alpha value is -3.25. The monoisotopic (exact) mass is 374 g/mol. The Bertz CT molecular complexity index is 1060. The Morgan fingerprint density at radius 1 is 1.04 bits per heavy atom. The highest BCUT2D eigenvalue weighted by Crippen LogP contribution is 2.37. The van der Waals surface area contributed by atoms with Gasteiger partial charge in [0.15, 0.2) is 0 Å². The summed E-state index contributed by atoms with van der Waals surface area (Å²) >= 11 is 1.58. The van der Waals surface area contributed by atoms with Crippen LogP contribution in [0.1, 0.15) is 18.0 Å². The van der Waals surface area contributed by atoms with Gasteiger partial charge in [-0.1, -0.05) is 60.7 Å². The summed E-state index contributed by atoms with van der Waals surface area (Å²) in [6.45, 7) is 0. The minimum atomic E-state index is -0.366. The van der Waals surface area contributed by atoms with Gasteiger partial charge < -0.3 is 11.1 Å². The van der Waals surface area contributed by atoms with Gasteiger partial charge in [-0.25, -0.2) is 9.97 Å². The number of amides is 1. The summed E-state index contributed by atoms with van der Waals surface area (Å²) < 4.78 is 0. The summed E-state index contributed by atoms with van der Waals surface area (Å²) in [7, 11) is 0. The summed E-state index contributed by atoms with van der Waals surface area (Å²) in [5.41, 5.74) is 8.65. The number of thiophene rings is 1. The molecule has 5 nitrogen and oxygen atoms in total. The normalized spacial score (nSPS) is 12.0. The van der Waals surface area contributed by atoms with E-state index >= 15 is 0 Å². The first-order valence-corrected chi connectivity index (χ1v) is 9.48. The zero-order valence-corrected chi connectivity index (χ0v) is 15.3. The van der Waals surface area contributed by atoms with Crippen molar-refractivity contribution in [2.75, 3.05) is 5.32 Å². The maximum absolute atomic E-state index is 11.6. The Morgan fingerprint density at radius 3 is 2.44 bits per heavy atom. The molecular weight excluding hydrogens is 356 g/mol. The first-order chi connectivity index (χ1) is 13.2. The zero-order valence-electron chi connectivity index (χ0n) is 14.5. The number of carbonyl (C=O) groups is 1. The van der Waals surface area contributed by atoms with Gasteiger partial charge in [-0.05, 0) is 11.1 Å². The molecule has 0 spiro atoms. The Morgan fingerprint density at radius 2 is 1.74 bits per heavy atom. The van der Waals surface area contributed by atoms with Crippen LogP contribution >= 0.6 is 11.3 Å². The lowest BCUT2D eigenvalue weighted by Gasteiger charge is -2.19. The molecule has 0 fully saturated rings. The van der Waals surface area contributed by atoms with Crippen molar-refractivity contribution in [3.8, 4) is 11.1 Å². The quantitative estimate of drug-likeness (QED) is 0.524. The van der Waals surface area contributed by atoms with Gasteiger partial charge in [-0.3, -0.25) is 4.79 Å². The van der Waals surface area contributed by atoms with E-state index in [0.717, 1.165) is 26.9 Å². The molecule has 134 valence electrons. The molecule has 0 aliphatic heterocycles. The average molecular weight is 374 g/mol. The fraction of sp³-hybridized carbons (Fsp3) is 0.0952. The molecule has 0 saturated heterocycles. The first kappa shape index (κ1) is 17.2. The van der Waals surface area contributed by atoms with Crippen LogP contribution in [-0.4, -0.2) is 15.9 Å². The zero-order chi connectivity index (χ0) is 18.6. The van der Waals surface area contributed by atoms with E-state index in [1.807, 2.05) is 48.5 Å². The third-order valence-corrected chi connectivity index (χ3v) is 5.26. The number of hydrogen-bond acceptors (Lipinski definition) is 5. The lowest BCUT2D eigenvalue weighted by molar-refractivity contribution is -0.118. The Balaban J connectivity index is 1.78. The topological polar surface area (TPSA) is 80.9 Å². The minimum Gasteiger partial charge on any atom is -0.370 e. The SMILES string of the molecule is NC(=O)C[C@@H](Nc1ncnc2scc(-c3ccccc3)c12)c1ccccc1. The molecule has 0 saturated carbocycles. The third-order valence-electron chi connectivity index (χ3n) is 4.37. The molecule has 0 radical (unpaired) electrons. The second kappa shape index (κ2) is 7.55. The standard InChI is InChI=1S/C21H18N4OS/c22-18(26)11-17(15-9-5-2-6-10-15)25-20-19-16(14-7-3-1-4-8-14)12-27-21(19)24-13-23-20/h1-10,12-13,17H,11H2,(H2,22,26)(H,23,24,25)/t17-/m1/s1. The summed E-state index contributed by atoms with van der Waals surface area (Å²) in [4.78, 5) is 21.4. The highest BCUT2D eigenvalue weighted by Gasteiger charge is 2.19. The van der Waals surface area contributed by atoms with Gasteiger partial charge in [0.25, 0.3) is 0 Å². The summed E-state index contributed by atoms with van der Waals surface area (Å²) in [6, 6.07) is 19.7. The number of nitrogens with zero attached hydrogens (tertiary/aromatic N) is 2. The van der Waals surface area contributed by atoms with Gasteiger partial charge in [0.05, 0.1) is 17.8 Å². The second-order valence-electron chi connectivity index (χ2n) is 6.20. The predicted octanol–water partition coefficient (Wildman–Crippen LogP) is 4.39. The summed E-state index contributed by atoms with van der Waals surface area (Å²) in [5, 5.41) is 6.47. The van der Waals surface area contributed by atoms with E-state index in [-0.39, 0.29) is 18.4 Å². The number of benzene rings is 2. The molecule has 1 atom stereocenters. The molecule has 0 aliphatic carbocycles. The van der Waals surface area contributed by atoms with Gasteiger partial charge in [0.2, 0.25) is 5.91 Å². The number of anilines is 1. The van der Waals surface area contributed by atoms with Crippen molar-refractivity contribution in [1.82, 2.24) is 9.97 Å². The van der Waals surface area contributed by atoms with Gasteiger partial charge in [0, 0.05) is 10.9 Å². The van der Waals surface area contributed by atoms with Gasteiger partial charge in [-0.2, -0.15) is 0 Å². The maximum atomic E-state index is 11.6. The molecular formula is C21H18N4OS. The van der Waals surface area contributed by atoms with Crippen LogP contribution < -0.4 is 11.1 Å². The number of rotatable bonds is 6. The van der Waals surface area contributed by atoms with Crippen molar-refractivity contribution >= 4 is 33.3 Å². The Kier molecular flexibility index (Phi) is 4.80. The number of carbonyl (C=O) groups excluding carboxylic acids is 1. The second-order valence-corrected chi connectivity index (χ2v) is 7.05. The molecule has 2 aromatic heterocycles. The van der Waals surface area contributed by atoms with Crippen molar-refractivity contribution < 1.29 is 4.79 Å². The van der Waals surface area contributed by atoms with Crippen LogP contribution in [-0.2, 0) is 4.79 Å². The number of primary amides is 1. The fourth-order valence-electron chi connectivity index (χ4n) is 3.12. The third kappa shape index (κ3) is 3.66. The molecule has 6 heteroatoms. The van der Waals surface area contributed by atoms with Crippen molar-refractivity contribution in [1.29, 1.82) is 0 Å². The smallest absolute Gasteiger partial charge is 0.219 e. The van der Waals surface area contributed by atoms with Crippen LogP contribution in [0.15, 0.2) is 72.4 Å². The molecule has 4 rings (SSSR count). The number of nitrogens with one attached hydrogen (secondary N) is 1. The Labute approximate surface area is 160 Å². The van der Waals surface area contributed by atoms with E-state index in [1.165, 1.54) is 0 Å². The molecule has 1 amide bonds. The van der Waals surface area contributed by atoms with E-state index < -0.39 is 0 Å². The van der Waals surface area contributed by atoms with Crippen LogP contribution in [0.5, 0.6) is 0 Å². The van der Waals surface area contributed by atoms with Gasteiger partial charge >= 0.3 is 0 Å². The maximum Gasteiger partial charge on any atom is 0.219 e. The van der Waals surface area contributed by atoms with E-state index in [0.29, 0.717) is 5.82 Å². The molecule has 27 heavy (non-hydrogen) atoms. The van der Waals surface area contributed by atoms with Crippen molar-refractivity contribution in [3.63, 3.8) is 0 Å². The van der Waals surface area contributed by atoms with Crippen LogP contribution in [0.4, 0.5) is 5.82 Å². The number of aromatic nitrogens is 2. The predicted molar refractivity (Wildman–Crippen MR) is 109 cm³/mol. The largest absolute Gasteiger partial charge is 0.370 e. The van der Waals surface area contributed by atoms with Crippen LogP contribution in [0.25, 0.3) is 21.3 Å². The molecule has 3 N–H and O–H groups in total. The summed E-state index contributed by atoms with van der Waals surface area (Å²) in [6.07, 6.45) is 1.72. The van der Waals surface area contributed by atoms with E-state index in [9.17, 15) is 4.79 Å². The van der Waals surface area contributed by atoms with Crippen LogP contribution in [0.2, 0.25) is 0 Å². The highest BCUT2D eigenvalue weighted by molar-refractivity contribution is 7.17. The van der Waals surface area contributed by atoms with E-state index in [1.54, 1.807) is 17.7 Å². The van der Waals surface area contributed by atoms with Crippen molar-refractivity contribution in [2.45, 2.75) is 12.5 Å². The average Bonchev–Trinajstić information content (AvgIpc) is 3.14. The lowest BCUT2D eigenvalue weighted by Crippen LogP contribution is -2.21. The molecule has 4 aromatic rings. The van der Waals surface area contributed by atoms with Crippen LogP contribution in [0.3, 0.4) is 0 Å². The fourth-order valence-corrected chi connectivity index (χ4v) is 4.03. The van der Waals surface area contributed by atoms with Gasteiger partial charge in [-0.15, -0.1) is 11.3 Å². The number of fused-ring (bicyclic) bond motifs is 1. The highest BCUT2D eigenvalue weighted by atomic mass is 32.1. The molecule has 0 bridgehead atoms. The van der Waals surface area contributed by atoms with Crippen LogP contribution in [0, 0.1) is 0 Å². The van der Waals surface area contributed by atoms with E-state index in [2.05, 4.69) is 32.8 Å². The molecule has 0 aliphatic rings. The van der Waals surface area contributed by atoms with E-state index in [4.69, 9.17) is 5.73 Å². The number of hydrogen-bond donors (Lipinski definition) is 2. The lowest BCUT2D eigenvalue weighted by atomic mass is 10.0. The van der Waals surface area contributed by atoms with Crippen molar-refractivity contribution in [2.24, 2.45) is 5.73 Å². The first-order valence-electron chi connectivity index (χ1n) is 8.60. The van der Waals surface area contributed by atoms with Crippen molar-refractivity contribution in [3.05, 3.63) is 77.9 Å². The minimum absolute atomic E-state index is 0.181. The molecule has 2 aromatic carbocycles.